The number of fused-ring (bicyclic) bond motifs is 1. The maximum atomic E-state index is 15.0. The third kappa shape index (κ3) is 4.13. The molecule has 1 amide bonds. The van der Waals surface area contributed by atoms with Crippen LogP contribution in [0.2, 0.25) is 0 Å². The van der Waals surface area contributed by atoms with Crippen molar-refractivity contribution >= 4 is 11.8 Å². The van der Waals surface area contributed by atoms with E-state index in [0.29, 0.717) is 18.2 Å². The first-order valence-corrected chi connectivity index (χ1v) is 10.7. The van der Waals surface area contributed by atoms with Crippen LogP contribution in [0.5, 0.6) is 0 Å². The van der Waals surface area contributed by atoms with Crippen molar-refractivity contribution in [2.45, 2.75) is 45.5 Å². The number of carbonyl (C=O) groups excluding carboxylic acids is 1. The van der Waals surface area contributed by atoms with E-state index in [-0.39, 0.29) is 19.0 Å². The first-order valence-electron chi connectivity index (χ1n) is 10.7. The zero-order valence-corrected chi connectivity index (χ0v) is 17.5. The Kier molecular flexibility index (Phi) is 5.10. The van der Waals surface area contributed by atoms with Gasteiger partial charge in [0.05, 0.1) is 6.54 Å². The number of carbonyl (C=O) groups is 1. The molecule has 1 saturated carbocycles. The normalized spacial score (nSPS) is 15.0. The number of hydrogen-bond acceptors (Lipinski definition) is 3. The summed E-state index contributed by atoms with van der Waals surface area (Å²) in [4.78, 5) is 14.1. The van der Waals surface area contributed by atoms with Gasteiger partial charge < -0.3 is 10.1 Å². The predicted molar refractivity (Wildman–Crippen MR) is 119 cm³/mol. The quantitative estimate of drug-likeness (QED) is 0.552. The van der Waals surface area contributed by atoms with E-state index in [2.05, 4.69) is 18.3 Å². The summed E-state index contributed by atoms with van der Waals surface area (Å²) in [5.41, 5.74) is 6.41. The van der Waals surface area contributed by atoms with Gasteiger partial charge in [-0.25, -0.2) is 9.18 Å². The van der Waals surface area contributed by atoms with Gasteiger partial charge in [0, 0.05) is 23.8 Å². The molecule has 31 heavy (non-hydrogen) atoms. The van der Waals surface area contributed by atoms with E-state index < -0.39 is 6.09 Å². The molecule has 1 fully saturated rings. The average molecular weight is 416 g/mol. The third-order valence-corrected chi connectivity index (χ3v) is 6.04. The number of nitrogens with zero attached hydrogens (tertiary/aromatic N) is 1. The molecule has 1 heterocycles. The van der Waals surface area contributed by atoms with Gasteiger partial charge in [-0.05, 0) is 65.8 Å². The average Bonchev–Trinajstić information content (AvgIpc) is 3.49. The van der Waals surface area contributed by atoms with Crippen LogP contribution in [0.25, 0.3) is 11.1 Å². The SMILES string of the molecule is Cc1c(NC2CC2)cccc1-c1cc(F)c2c(c1)CN(C(=O)OCc1ccccc1)C2. The summed E-state index contributed by atoms with van der Waals surface area (Å²) in [7, 11) is 0. The second-order valence-electron chi connectivity index (χ2n) is 8.39. The second kappa shape index (κ2) is 8.06. The van der Waals surface area contributed by atoms with E-state index in [1.54, 1.807) is 11.0 Å². The molecule has 0 unspecified atom stereocenters. The van der Waals surface area contributed by atoms with E-state index in [9.17, 15) is 9.18 Å². The summed E-state index contributed by atoms with van der Waals surface area (Å²) in [5.74, 6) is -0.272. The van der Waals surface area contributed by atoms with Crippen molar-refractivity contribution in [3.05, 3.63) is 88.7 Å². The molecule has 0 spiro atoms. The molecule has 0 atom stereocenters. The Morgan fingerprint density at radius 3 is 2.68 bits per heavy atom. The highest BCUT2D eigenvalue weighted by Gasteiger charge is 2.28. The van der Waals surface area contributed by atoms with Gasteiger partial charge in [0.15, 0.2) is 0 Å². The van der Waals surface area contributed by atoms with Gasteiger partial charge >= 0.3 is 6.09 Å². The first kappa shape index (κ1) is 19.6. The summed E-state index contributed by atoms with van der Waals surface area (Å²) in [6, 6.07) is 19.8. The van der Waals surface area contributed by atoms with Crippen LogP contribution >= 0.6 is 0 Å². The molecule has 1 N–H and O–H groups in total. The van der Waals surface area contributed by atoms with Gasteiger partial charge in [0.2, 0.25) is 0 Å². The molecule has 5 heteroatoms. The van der Waals surface area contributed by atoms with Gasteiger partial charge in [0.1, 0.15) is 12.4 Å². The second-order valence-corrected chi connectivity index (χ2v) is 8.39. The standard InChI is InChI=1S/C26H25FN2O2/c1-17-22(8-5-9-25(17)28-21-10-11-21)19-12-20-14-29(15-23(20)24(27)13-19)26(30)31-16-18-6-3-2-4-7-18/h2-9,12-13,21,28H,10-11,14-16H2,1H3. The van der Waals surface area contributed by atoms with Crippen LogP contribution in [-0.2, 0) is 24.4 Å². The van der Waals surface area contributed by atoms with Crippen molar-refractivity contribution in [3.63, 3.8) is 0 Å². The molecule has 4 nitrogen and oxygen atoms in total. The lowest BCUT2D eigenvalue weighted by Crippen LogP contribution is -2.26. The van der Waals surface area contributed by atoms with Crippen molar-refractivity contribution < 1.29 is 13.9 Å². The number of nitrogens with one attached hydrogen (secondary N) is 1. The van der Waals surface area contributed by atoms with E-state index in [1.165, 1.54) is 12.8 Å². The van der Waals surface area contributed by atoms with Crippen molar-refractivity contribution in [3.8, 4) is 11.1 Å². The van der Waals surface area contributed by atoms with Gasteiger partial charge in [0.25, 0.3) is 0 Å². The number of ether oxygens (including phenoxy) is 1. The summed E-state index contributed by atoms with van der Waals surface area (Å²) in [6.07, 6.45) is 1.98. The fourth-order valence-corrected chi connectivity index (χ4v) is 4.11. The molecule has 1 aliphatic carbocycles. The monoisotopic (exact) mass is 416 g/mol. The van der Waals surface area contributed by atoms with Crippen molar-refractivity contribution in [1.82, 2.24) is 4.90 Å². The lowest BCUT2D eigenvalue weighted by molar-refractivity contribution is 0.0953. The number of benzene rings is 3. The highest BCUT2D eigenvalue weighted by atomic mass is 19.1. The number of hydrogen-bond donors (Lipinski definition) is 1. The molecule has 0 radical (unpaired) electrons. The molecular formula is C26H25FN2O2. The van der Waals surface area contributed by atoms with Crippen molar-refractivity contribution in [2.24, 2.45) is 0 Å². The number of rotatable bonds is 5. The molecule has 3 aromatic carbocycles. The summed E-state index contributed by atoms with van der Waals surface area (Å²) < 4.78 is 20.4. The summed E-state index contributed by atoms with van der Waals surface area (Å²) in [6.45, 7) is 2.86. The Bertz CT molecular complexity index is 1130. The van der Waals surface area contributed by atoms with Crippen LogP contribution < -0.4 is 5.32 Å². The first-order chi connectivity index (χ1) is 15.1. The van der Waals surface area contributed by atoms with Gasteiger partial charge in [-0.2, -0.15) is 0 Å². The van der Waals surface area contributed by atoms with E-state index in [1.807, 2.05) is 48.5 Å². The maximum Gasteiger partial charge on any atom is 0.410 e. The van der Waals surface area contributed by atoms with Crippen LogP contribution in [0, 0.1) is 12.7 Å². The van der Waals surface area contributed by atoms with Crippen molar-refractivity contribution in [1.29, 1.82) is 0 Å². The van der Waals surface area contributed by atoms with Crippen molar-refractivity contribution in [2.75, 3.05) is 5.32 Å². The summed E-state index contributed by atoms with van der Waals surface area (Å²) in [5, 5.41) is 3.55. The fraction of sp³-hybridized carbons (Fsp3) is 0.269. The molecule has 0 bridgehead atoms. The smallest absolute Gasteiger partial charge is 0.410 e. The lowest BCUT2D eigenvalue weighted by Gasteiger charge is -2.15. The van der Waals surface area contributed by atoms with Gasteiger partial charge in [-0.1, -0.05) is 42.5 Å². The number of anilines is 1. The van der Waals surface area contributed by atoms with Crippen LogP contribution in [0.15, 0.2) is 60.7 Å². The summed E-state index contributed by atoms with van der Waals surface area (Å²) >= 11 is 0. The lowest BCUT2D eigenvalue weighted by atomic mass is 9.96. The maximum absolute atomic E-state index is 15.0. The number of halogens is 1. The minimum atomic E-state index is -0.423. The van der Waals surface area contributed by atoms with E-state index in [0.717, 1.165) is 33.5 Å². The molecule has 3 aromatic rings. The third-order valence-electron chi connectivity index (χ3n) is 6.04. The van der Waals surface area contributed by atoms with Crippen LogP contribution in [0.3, 0.4) is 0 Å². The van der Waals surface area contributed by atoms with Crippen LogP contribution in [-0.4, -0.2) is 17.0 Å². The highest BCUT2D eigenvalue weighted by Crippen LogP contribution is 2.36. The Hall–Kier alpha value is -3.34. The minimum Gasteiger partial charge on any atom is -0.445 e. The predicted octanol–water partition coefficient (Wildman–Crippen LogP) is 6.03. The zero-order chi connectivity index (χ0) is 21.4. The molecule has 1 aliphatic heterocycles. The molecule has 0 aromatic heterocycles. The topological polar surface area (TPSA) is 41.6 Å². The van der Waals surface area contributed by atoms with Gasteiger partial charge in [-0.3, -0.25) is 4.90 Å². The van der Waals surface area contributed by atoms with E-state index >= 15 is 0 Å². The van der Waals surface area contributed by atoms with Crippen LogP contribution in [0.4, 0.5) is 14.9 Å². The zero-order valence-electron chi connectivity index (χ0n) is 17.5. The molecule has 2 aliphatic rings. The Morgan fingerprint density at radius 1 is 1.10 bits per heavy atom. The molecule has 0 saturated heterocycles. The highest BCUT2D eigenvalue weighted by molar-refractivity contribution is 5.76. The molecular weight excluding hydrogens is 391 g/mol. The van der Waals surface area contributed by atoms with Crippen LogP contribution in [0.1, 0.15) is 35.1 Å². The Morgan fingerprint density at radius 2 is 1.90 bits per heavy atom. The minimum absolute atomic E-state index is 0.209. The molecule has 5 rings (SSSR count). The molecule has 158 valence electrons. The fourth-order valence-electron chi connectivity index (χ4n) is 4.11. The number of amides is 1. The largest absolute Gasteiger partial charge is 0.445 e. The Labute approximate surface area is 181 Å². The van der Waals surface area contributed by atoms with Gasteiger partial charge in [-0.15, -0.1) is 0 Å². The van der Waals surface area contributed by atoms with E-state index in [4.69, 9.17) is 4.74 Å². The Balaban J connectivity index is 1.33.